The van der Waals surface area contributed by atoms with E-state index in [1.807, 2.05) is 12.2 Å². The lowest BCUT2D eigenvalue weighted by molar-refractivity contribution is -0.384. The van der Waals surface area contributed by atoms with Crippen molar-refractivity contribution in [3.05, 3.63) is 64.1 Å². The molecule has 2 rings (SSSR count). The van der Waals surface area contributed by atoms with Crippen molar-refractivity contribution in [1.82, 2.24) is 9.97 Å². The lowest BCUT2D eigenvalue weighted by Crippen LogP contribution is -2.20. The van der Waals surface area contributed by atoms with Gasteiger partial charge >= 0.3 is 0 Å². The highest BCUT2D eigenvalue weighted by atomic mass is 79.9. The smallest absolute Gasteiger partial charge is 0.292 e. The first-order valence-corrected chi connectivity index (χ1v) is 7.83. The molecule has 1 aromatic carbocycles. The summed E-state index contributed by atoms with van der Waals surface area (Å²) in [4.78, 5) is 20.7. The van der Waals surface area contributed by atoms with Crippen LogP contribution in [0.3, 0.4) is 0 Å². The van der Waals surface area contributed by atoms with Crippen LogP contribution in [0.4, 0.5) is 17.2 Å². The molecule has 0 saturated carbocycles. The SMILES string of the molecule is O=[N+]([O-])c1ccccc1N(C/C=C/CBr)c1nccnc1Cl. The third-order valence-corrected chi connectivity index (χ3v) is 3.44. The van der Waals surface area contributed by atoms with Crippen LogP contribution in [0, 0.1) is 10.1 Å². The molecular weight excluding hydrogens is 372 g/mol. The molecular formula is C14H12BrClN4O2. The molecule has 2 aromatic rings. The highest BCUT2D eigenvalue weighted by molar-refractivity contribution is 9.09. The van der Waals surface area contributed by atoms with E-state index in [0.717, 1.165) is 0 Å². The Hall–Kier alpha value is -1.99. The fraction of sp³-hybridized carbons (Fsp3) is 0.143. The van der Waals surface area contributed by atoms with Crippen molar-refractivity contribution >= 4 is 44.7 Å². The average Bonchev–Trinajstić information content (AvgIpc) is 2.53. The zero-order chi connectivity index (χ0) is 15.9. The summed E-state index contributed by atoms with van der Waals surface area (Å²) in [5.41, 5.74) is 0.394. The number of hydrogen-bond acceptors (Lipinski definition) is 5. The van der Waals surface area contributed by atoms with Crippen LogP contribution in [0.1, 0.15) is 0 Å². The number of benzene rings is 1. The van der Waals surface area contributed by atoms with Crippen LogP contribution in [0.5, 0.6) is 0 Å². The lowest BCUT2D eigenvalue weighted by Gasteiger charge is -2.22. The van der Waals surface area contributed by atoms with Crippen molar-refractivity contribution in [3.8, 4) is 0 Å². The van der Waals surface area contributed by atoms with Gasteiger partial charge in [-0.05, 0) is 6.07 Å². The molecule has 0 unspecified atom stereocenters. The molecule has 0 radical (unpaired) electrons. The molecule has 22 heavy (non-hydrogen) atoms. The van der Waals surface area contributed by atoms with Gasteiger partial charge in [-0.2, -0.15) is 0 Å². The number of nitrogens with zero attached hydrogens (tertiary/aromatic N) is 4. The second-order valence-electron chi connectivity index (χ2n) is 4.15. The molecule has 1 aromatic heterocycles. The fourth-order valence-corrected chi connectivity index (χ4v) is 2.35. The Kier molecular flexibility index (Phi) is 5.85. The van der Waals surface area contributed by atoms with Crippen LogP contribution >= 0.6 is 27.5 Å². The Morgan fingerprint density at radius 2 is 2.00 bits per heavy atom. The maximum absolute atomic E-state index is 11.3. The van der Waals surface area contributed by atoms with Crippen LogP contribution in [0.15, 0.2) is 48.8 Å². The van der Waals surface area contributed by atoms with Crippen LogP contribution in [0.2, 0.25) is 5.15 Å². The highest BCUT2D eigenvalue weighted by Crippen LogP contribution is 2.34. The van der Waals surface area contributed by atoms with E-state index in [2.05, 4.69) is 25.9 Å². The van der Waals surface area contributed by atoms with Gasteiger partial charge in [-0.3, -0.25) is 10.1 Å². The Morgan fingerprint density at radius 3 is 2.68 bits per heavy atom. The predicted octanol–water partition coefficient (Wildman–Crippen LogP) is 4.13. The second kappa shape index (κ2) is 7.86. The molecule has 0 amide bonds. The van der Waals surface area contributed by atoms with Gasteiger partial charge in [0.15, 0.2) is 11.0 Å². The van der Waals surface area contributed by atoms with Crippen LogP contribution in [-0.2, 0) is 0 Å². The number of nitro benzene ring substituents is 1. The minimum Gasteiger partial charge on any atom is -0.314 e. The van der Waals surface area contributed by atoms with Gasteiger partial charge in [-0.15, -0.1) is 0 Å². The van der Waals surface area contributed by atoms with Crippen molar-refractivity contribution in [1.29, 1.82) is 0 Å². The number of rotatable bonds is 6. The number of alkyl halides is 1. The number of allylic oxidation sites excluding steroid dienone is 1. The molecule has 6 nitrogen and oxygen atoms in total. The van der Waals surface area contributed by atoms with Crippen molar-refractivity contribution in [2.75, 3.05) is 16.8 Å². The first-order chi connectivity index (χ1) is 10.6. The van der Waals surface area contributed by atoms with E-state index in [1.165, 1.54) is 18.5 Å². The Labute approximate surface area is 140 Å². The van der Waals surface area contributed by atoms with E-state index in [4.69, 9.17) is 11.6 Å². The molecule has 0 N–H and O–H groups in total. The second-order valence-corrected chi connectivity index (χ2v) is 5.16. The minimum atomic E-state index is -0.430. The summed E-state index contributed by atoms with van der Waals surface area (Å²) in [6, 6.07) is 6.45. The number of hydrogen-bond donors (Lipinski definition) is 0. The van der Waals surface area contributed by atoms with Gasteiger partial charge in [0.2, 0.25) is 0 Å². The monoisotopic (exact) mass is 382 g/mol. The van der Waals surface area contributed by atoms with Gasteiger partial charge in [0.1, 0.15) is 5.69 Å². The van der Waals surface area contributed by atoms with Crippen molar-refractivity contribution in [2.45, 2.75) is 0 Å². The zero-order valence-corrected chi connectivity index (χ0v) is 13.7. The first kappa shape index (κ1) is 16.4. The minimum absolute atomic E-state index is 0.0172. The summed E-state index contributed by atoms with van der Waals surface area (Å²) in [7, 11) is 0. The van der Waals surface area contributed by atoms with E-state index < -0.39 is 4.92 Å². The van der Waals surface area contributed by atoms with E-state index in [-0.39, 0.29) is 10.8 Å². The zero-order valence-electron chi connectivity index (χ0n) is 11.4. The van der Waals surface area contributed by atoms with E-state index in [1.54, 1.807) is 23.1 Å². The molecule has 0 saturated heterocycles. The van der Waals surface area contributed by atoms with Gasteiger partial charge in [0.05, 0.1) is 4.92 Å². The largest absolute Gasteiger partial charge is 0.314 e. The van der Waals surface area contributed by atoms with Crippen molar-refractivity contribution < 1.29 is 4.92 Å². The highest BCUT2D eigenvalue weighted by Gasteiger charge is 2.22. The summed E-state index contributed by atoms with van der Waals surface area (Å²) in [5, 5.41) is 12.1. The van der Waals surface area contributed by atoms with E-state index >= 15 is 0 Å². The van der Waals surface area contributed by atoms with Gasteiger partial charge in [-0.1, -0.05) is 51.8 Å². The molecule has 1 heterocycles. The normalized spacial score (nSPS) is 10.8. The number of para-hydroxylation sites is 2. The van der Waals surface area contributed by atoms with E-state index in [0.29, 0.717) is 23.4 Å². The molecule has 0 aliphatic rings. The summed E-state index contributed by atoms with van der Waals surface area (Å²) in [6.45, 7) is 0.384. The first-order valence-electron chi connectivity index (χ1n) is 6.33. The fourth-order valence-electron chi connectivity index (χ4n) is 1.88. The number of aromatic nitrogens is 2. The number of anilines is 2. The lowest BCUT2D eigenvalue weighted by atomic mass is 10.2. The predicted molar refractivity (Wildman–Crippen MR) is 90.1 cm³/mol. The summed E-state index contributed by atoms with van der Waals surface area (Å²) in [6.07, 6.45) is 6.73. The van der Waals surface area contributed by atoms with Gasteiger partial charge in [0, 0.05) is 30.3 Å². The van der Waals surface area contributed by atoms with Crippen molar-refractivity contribution in [2.24, 2.45) is 0 Å². The van der Waals surface area contributed by atoms with Gasteiger partial charge in [0.25, 0.3) is 5.69 Å². The van der Waals surface area contributed by atoms with Crippen LogP contribution in [0.25, 0.3) is 0 Å². The Bertz CT molecular complexity index is 696. The standard InChI is InChI=1S/C14H12BrClN4O2/c15-7-3-4-10-19(14-13(16)17-8-9-18-14)11-5-1-2-6-12(11)20(21)22/h1-6,8-9H,7,10H2/b4-3+. The maximum Gasteiger partial charge on any atom is 0.292 e. The molecule has 114 valence electrons. The molecule has 0 aliphatic heterocycles. The van der Waals surface area contributed by atoms with Crippen LogP contribution < -0.4 is 4.90 Å². The van der Waals surface area contributed by atoms with E-state index in [9.17, 15) is 10.1 Å². The maximum atomic E-state index is 11.3. The molecule has 0 bridgehead atoms. The Balaban J connectivity index is 2.52. The average molecular weight is 384 g/mol. The summed E-state index contributed by atoms with van der Waals surface area (Å²) < 4.78 is 0. The third-order valence-electron chi connectivity index (χ3n) is 2.80. The third kappa shape index (κ3) is 3.80. The molecule has 0 fully saturated rings. The number of nitro groups is 1. The quantitative estimate of drug-likeness (QED) is 0.325. The van der Waals surface area contributed by atoms with Crippen molar-refractivity contribution in [3.63, 3.8) is 0 Å². The molecule has 0 atom stereocenters. The Morgan fingerprint density at radius 1 is 1.27 bits per heavy atom. The summed E-state index contributed by atoms with van der Waals surface area (Å²) >= 11 is 9.39. The van der Waals surface area contributed by atoms with Crippen LogP contribution in [-0.4, -0.2) is 26.8 Å². The molecule has 8 heteroatoms. The molecule has 0 aliphatic carbocycles. The molecule has 0 spiro atoms. The summed E-state index contributed by atoms with van der Waals surface area (Å²) in [5.74, 6) is 0.373. The topological polar surface area (TPSA) is 72.2 Å². The van der Waals surface area contributed by atoms with Gasteiger partial charge in [-0.25, -0.2) is 9.97 Å². The van der Waals surface area contributed by atoms with Gasteiger partial charge < -0.3 is 4.90 Å². The number of halogens is 2.